The molecule has 0 spiro atoms. The molecule has 1 amide bonds. The second-order valence-electron chi connectivity index (χ2n) is 6.41. The minimum absolute atomic E-state index is 0.125. The first-order valence-corrected chi connectivity index (χ1v) is 8.52. The summed E-state index contributed by atoms with van der Waals surface area (Å²) in [6.45, 7) is 2.38. The lowest BCUT2D eigenvalue weighted by atomic mass is 9.97. The molecule has 0 atom stereocenters. The van der Waals surface area contributed by atoms with Crippen molar-refractivity contribution in [1.29, 1.82) is 0 Å². The van der Waals surface area contributed by atoms with Crippen molar-refractivity contribution in [2.75, 3.05) is 18.4 Å². The van der Waals surface area contributed by atoms with Crippen LogP contribution in [0.25, 0.3) is 0 Å². The van der Waals surface area contributed by atoms with Crippen molar-refractivity contribution >= 4 is 17.6 Å². The molecule has 5 nitrogen and oxygen atoms in total. The average molecular weight is 338 g/mol. The molecule has 0 aromatic heterocycles. The maximum atomic E-state index is 12.2. The number of anilines is 1. The fraction of sp³-hybridized carbons (Fsp3) is 0.300. The average Bonchev–Trinajstić information content (AvgIpc) is 2.63. The van der Waals surface area contributed by atoms with Gasteiger partial charge in [0.15, 0.2) is 0 Å². The molecule has 1 saturated heterocycles. The number of para-hydroxylation sites is 1. The Morgan fingerprint density at radius 1 is 1.00 bits per heavy atom. The van der Waals surface area contributed by atoms with E-state index in [0.29, 0.717) is 18.4 Å². The summed E-state index contributed by atoms with van der Waals surface area (Å²) in [6, 6.07) is 17.0. The first-order valence-electron chi connectivity index (χ1n) is 8.52. The smallest absolute Gasteiger partial charge is 0.306 e. The highest BCUT2D eigenvalue weighted by Gasteiger charge is 2.24. The Morgan fingerprint density at radius 2 is 1.64 bits per heavy atom. The van der Waals surface area contributed by atoms with Crippen LogP contribution in [0, 0.1) is 5.92 Å². The molecule has 25 heavy (non-hydrogen) atoms. The number of hydrogen-bond acceptors (Lipinski definition) is 3. The van der Waals surface area contributed by atoms with Crippen LogP contribution >= 0.6 is 0 Å². The van der Waals surface area contributed by atoms with Crippen LogP contribution in [0.15, 0.2) is 54.6 Å². The molecule has 1 aliphatic heterocycles. The van der Waals surface area contributed by atoms with Crippen molar-refractivity contribution in [3.05, 3.63) is 65.7 Å². The number of likely N-dealkylation sites (tertiary alicyclic amines) is 1. The van der Waals surface area contributed by atoms with E-state index in [1.807, 2.05) is 54.6 Å². The van der Waals surface area contributed by atoms with Crippen molar-refractivity contribution in [2.45, 2.75) is 19.4 Å². The van der Waals surface area contributed by atoms with Gasteiger partial charge in [-0.05, 0) is 55.8 Å². The van der Waals surface area contributed by atoms with Gasteiger partial charge in [0.05, 0.1) is 5.92 Å². The molecule has 0 saturated carbocycles. The number of carboxylic acids is 1. The summed E-state index contributed by atoms with van der Waals surface area (Å²) in [7, 11) is 0. The number of rotatable bonds is 5. The summed E-state index contributed by atoms with van der Waals surface area (Å²) < 4.78 is 0. The zero-order valence-electron chi connectivity index (χ0n) is 14.0. The fourth-order valence-electron chi connectivity index (χ4n) is 3.08. The van der Waals surface area contributed by atoms with Crippen LogP contribution < -0.4 is 5.32 Å². The van der Waals surface area contributed by atoms with E-state index in [-0.39, 0.29) is 11.8 Å². The van der Waals surface area contributed by atoms with Gasteiger partial charge in [0.25, 0.3) is 5.91 Å². The minimum Gasteiger partial charge on any atom is -0.481 e. The van der Waals surface area contributed by atoms with Gasteiger partial charge in [-0.25, -0.2) is 0 Å². The highest BCUT2D eigenvalue weighted by Crippen LogP contribution is 2.19. The summed E-state index contributed by atoms with van der Waals surface area (Å²) in [5.41, 5.74) is 2.53. The van der Waals surface area contributed by atoms with Crippen LogP contribution in [-0.4, -0.2) is 35.0 Å². The highest BCUT2D eigenvalue weighted by molar-refractivity contribution is 6.04. The predicted octanol–water partition coefficient (Wildman–Crippen LogP) is 3.24. The number of carboxylic acid groups (broad SMARTS) is 1. The van der Waals surface area contributed by atoms with Crippen molar-refractivity contribution < 1.29 is 14.7 Å². The van der Waals surface area contributed by atoms with Crippen LogP contribution in [0.4, 0.5) is 5.69 Å². The Bertz CT molecular complexity index is 720. The molecule has 2 aromatic carbocycles. The summed E-state index contributed by atoms with van der Waals surface area (Å²) in [4.78, 5) is 25.5. The van der Waals surface area contributed by atoms with E-state index >= 15 is 0 Å². The molecule has 0 aliphatic carbocycles. The topological polar surface area (TPSA) is 69.6 Å². The number of benzene rings is 2. The predicted molar refractivity (Wildman–Crippen MR) is 96.5 cm³/mol. The van der Waals surface area contributed by atoms with Crippen LogP contribution in [0.2, 0.25) is 0 Å². The Morgan fingerprint density at radius 3 is 2.24 bits per heavy atom. The summed E-state index contributed by atoms with van der Waals surface area (Å²) >= 11 is 0. The number of carbonyl (C=O) groups is 2. The molecule has 0 radical (unpaired) electrons. The summed E-state index contributed by atoms with van der Waals surface area (Å²) in [5.74, 6) is -1.02. The molecular formula is C20H22N2O3. The van der Waals surface area contributed by atoms with Crippen LogP contribution in [0.1, 0.15) is 28.8 Å². The summed E-state index contributed by atoms with van der Waals surface area (Å²) in [5, 5.41) is 11.9. The molecule has 0 bridgehead atoms. The molecule has 5 heteroatoms. The van der Waals surface area contributed by atoms with Gasteiger partial charge in [0.2, 0.25) is 0 Å². The quantitative estimate of drug-likeness (QED) is 0.878. The lowest BCUT2D eigenvalue weighted by Crippen LogP contribution is -2.35. The number of carbonyl (C=O) groups excluding carboxylic acids is 1. The maximum absolute atomic E-state index is 12.2. The van der Waals surface area contributed by atoms with E-state index < -0.39 is 5.97 Å². The fourth-order valence-corrected chi connectivity index (χ4v) is 3.08. The number of nitrogens with zero attached hydrogens (tertiary/aromatic N) is 1. The van der Waals surface area contributed by atoms with Gasteiger partial charge in [-0.3, -0.25) is 14.5 Å². The molecular weight excluding hydrogens is 316 g/mol. The SMILES string of the molecule is O=C(Nc1ccccc1)c1ccc(CN2CCC(C(=O)O)CC2)cc1. The third kappa shape index (κ3) is 4.67. The first-order chi connectivity index (χ1) is 12.1. The Balaban J connectivity index is 1.54. The zero-order valence-corrected chi connectivity index (χ0v) is 14.0. The van der Waals surface area contributed by atoms with Gasteiger partial charge < -0.3 is 10.4 Å². The van der Waals surface area contributed by atoms with E-state index in [1.165, 1.54) is 0 Å². The maximum Gasteiger partial charge on any atom is 0.306 e. The molecule has 3 rings (SSSR count). The van der Waals surface area contributed by atoms with E-state index in [1.54, 1.807) is 0 Å². The van der Waals surface area contributed by atoms with Crippen LogP contribution in [0.3, 0.4) is 0 Å². The zero-order chi connectivity index (χ0) is 17.6. The highest BCUT2D eigenvalue weighted by atomic mass is 16.4. The second-order valence-corrected chi connectivity index (χ2v) is 6.41. The number of aliphatic carboxylic acids is 1. The van der Waals surface area contributed by atoms with Crippen LogP contribution in [0.5, 0.6) is 0 Å². The van der Waals surface area contributed by atoms with Gasteiger partial charge >= 0.3 is 5.97 Å². The lowest BCUT2D eigenvalue weighted by molar-refractivity contribution is -0.143. The van der Waals surface area contributed by atoms with E-state index in [9.17, 15) is 9.59 Å². The number of nitrogens with one attached hydrogen (secondary N) is 1. The largest absolute Gasteiger partial charge is 0.481 e. The van der Waals surface area contributed by atoms with Gasteiger partial charge in [-0.2, -0.15) is 0 Å². The van der Waals surface area contributed by atoms with Gasteiger partial charge in [-0.1, -0.05) is 30.3 Å². The summed E-state index contributed by atoms with van der Waals surface area (Å²) in [6.07, 6.45) is 1.40. The van der Waals surface area contributed by atoms with Crippen LogP contribution in [-0.2, 0) is 11.3 Å². The number of hydrogen-bond donors (Lipinski definition) is 2. The van der Waals surface area contributed by atoms with Gasteiger partial charge in [0, 0.05) is 17.8 Å². The van der Waals surface area contributed by atoms with Gasteiger partial charge in [-0.15, -0.1) is 0 Å². The molecule has 0 unspecified atom stereocenters. The van der Waals surface area contributed by atoms with Crippen molar-refractivity contribution in [3.8, 4) is 0 Å². The van der Waals surface area contributed by atoms with E-state index in [4.69, 9.17) is 5.11 Å². The van der Waals surface area contributed by atoms with E-state index in [0.717, 1.165) is 30.9 Å². The lowest BCUT2D eigenvalue weighted by Gasteiger charge is -2.30. The van der Waals surface area contributed by atoms with Crippen molar-refractivity contribution in [1.82, 2.24) is 4.90 Å². The normalized spacial score (nSPS) is 15.7. The Hall–Kier alpha value is -2.66. The molecule has 1 fully saturated rings. The first kappa shape index (κ1) is 17.2. The van der Waals surface area contributed by atoms with Crippen molar-refractivity contribution in [2.24, 2.45) is 5.92 Å². The van der Waals surface area contributed by atoms with E-state index in [2.05, 4.69) is 10.2 Å². The number of piperidine rings is 1. The molecule has 1 heterocycles. The molecule has 130 valence electrons. The van der Waals surface area contributed by atoms with Crippen molar-refractivity contribution in [3.63, 3.8) is 0 Å². The third-order valence-electron chi connectivity index (χ3n) is 4.59. The minimum atomic E-state index is -0.687. The molecule has 2 aromatic rings. The second kappa shape index (κ2) is 7.94. The number of amides is 1. The van der Waals surface area contributed by atoms with Gasteiger partial charge in [0.1, 0.15) is 0 Å². The standard InChI is InChI=1S/C20H22N2O3/c23-19(21-18-4-2-1-3-5-18)16-8-6-15(7-9-16)14-22-12-10-17(11-13-22)20(24)25/h1-9,17H,10-14H2,(H,21,23)(H,24,25). The monoisotopic (exact) mass is 338 g/mol. The molecule has 2 N–H and O–H groups in total. The molecule has 1 aliphatic rings. The third-order valence-corrected chi connectivity index (χ3v) is 4.59. The Labute approximate surface area is 147 Å². The Kier molecular flexibility index (Phi) is 5.46.